The van der Waals surface area contributed by atoms with E-state index in [-0.39, 0.29) is 11.9 Å². The zero-order valence-corrected chi connectivity index (χ0v) is 13.7. The monoisotopic (exact) mass is 323 g/mol. The van der Waals surface area contributed by atoms with Gasteiger partial charge in [-0.2, -0.15) is 0 Å². The lowest BCUT2D eigenvalue weighted by atomic mass is 10.2. The maximum absolute atomic E-state index is 12.0. The van der Waals surface area contributed by atoms with E-state index < -0.39 is 0 Å². The molecular formula is C20H21NO3. The van der Waals surface area contributed by atoms with E-state index in [1.165, 1.54) is 6.08 Å². The van der Waals surface area contributed by atoms with E-state index in [1.807, 2.05) is 37.3 Å². The number of benzene rings is 2. The standard InChI is InChI=1S/C20H21NO3/c1-2-3-14-24-20(23)17-10-7-11-18(15-17)21-19(22)13-12-16-8-5-4-6-9-16/h4-13,15H,2-3,14H2,1H3,(H,21,22)/b13-12+. The molecule has 0 heterocycles. The summed E-state index contributed by atoms with van der Waals surface area (Å²) in [5.74, 6) is -0.630. The summed E-state index contributed by atoms with van der Waals surface area (Å²) in [6.07, 6.45) is 5.00. The molecule has 0 unspecified atom stereocenters. The molecule has 1 amide bonds. The lowest BCUT2D eigenvalue weighted by Crippen LogP contribution is -2.10. The first-order valence-electron chi connectivity index (χ1n) is 8.00. The molecule has 4 heteroatoms. The number of rotatable bonds is 7. The molecule has 0 saturated heterocycles. The molecule has 24 heavy (non-hydrogen) atoms. The quantitative estimate of drug-likeness (QED) is 0.470. The van der Waals surface area contributed by atoms with E-state index in [2.05, 4.69) is 5.32 Å². The summed E-state index contributed by atoms with van der Waals surface area (Å²) in [7, 11) is 0. The van der Waals surface area contributed by atoms with Crippen molar-refractivity contribution in [1.82, 2.24) is 0 Å². The zero-order valence-electron chi connectivity index (χ0n) is 13.7. The molecule has 0 aliphatic heterocycles. The number of ether oxygens (including phenoxy) is 1. The lowest BCUT2D eigenvalue weighted by molar-refractivity contribution is -0.111. The van der Waals surface area contributed by atoms with Crippen molar-refractivity contribution in [3.63, 3.8) is 0 Å². The van der Waals surface area contributed by atoms with Crippen molar-refractivity contribution in [1.29, 1.82) is 0 Å². The van der Waals surface area contributed by atoms with Gasteiger partial charge >= 0.3 is 5.97 Å². The van der Waals surface area contributed by atoms with Gasteiger partial charge in [-0.15, -0.1) is 0 Å². The number of unbranched alkanes of at least 4 members (excludes halogenated alkanes) is 1. The Morgan fingerprint density at radius 3 is 2.62 bits per heavy atom. The normalized spacial score (nSPS) is 10.5. The zero-order chi connectivity index (χ0) is 17.2. The molecule has 0 radical (unpaired) electrons. The van der Waals surface area contributed by atoms with Crippen molar-refractivity contribution in [3.8, 4) is 0 Å². The molecule has 2 aromatic carbocycles. The first-order chi connectivity index (χ1) is 11.7. The summed E-state index contributed by atoms with van der Waals surface area (Å²) in [5.41, 5.74) is 1.93. The van der Waals surface area contributed by atoms with Crippen LogP contribution in [-0.2, 0) is 9.53 Å². The molecule has 0 bridgehead atoms. The molecule has 0 fully saturated rings. The highest BCUT2D eigenvalue weighted by molar-refractivity contribution is 6.02. The minimum absolute atomic E-state index is 0.254. The number of esters is 1. The topological polar surface area (TPSA) is 55.4 Å². The largest absolute Gasteiger partial charge is 0.462 e. The fraction of sp³-hybridized carbons (Fsp3) is 0.200. The van der Waals surface area contributed by atoms with Gasteiger partial charge in [0.2, 0.25) is 5.91 Å². The van der Waals surface area contributed by atoms with E-state index in [4.69, 9.17) is 4.74 Å². The summed E-state index contributed by atoms with van der Waals surface area (Å²) < 4.78 is 5.17. The van der Waals surface area contributed by atoms with Crippen LogP contribution in [0.3, 0.4) is 0 Å². The van der Waals surface area contributed by atoms with Crippen LogP contribution >= 0.6 is 0 Å². The predicted molar refractivity (Wildman–Crippen MR) is 95.7 cm³/mol. The maximum Gasteiger partial charge on any atom is 0.338 e. The number of anilines is 1. The highest BCUT2D eigenvalue weighted by Gasteiger charge is 2.08. The Balaban J connectivity index is 1.95. The smallest absolute Gasteiger partial charge is 0.338 e. The van der Waals surface area contributed by atoms with Crippen molar-refractivity contribution < 1.29 is 14.3 Å². The molecule has 4 nitrogen and oxygen atoms in total. The third-order valence-corrected chi connectivity index (χ3v) is 3.32. The fourth-order valence-corrected chi connectivity index (χ4v) is 2.04. The van der Waals surface area contributed by atoms with Crippen LogP contribution in [-0.4, -0.2) is 18.5 Å². The van der Waals surface area contributed by atoms with Gasteiger partial charge in [0.1, 0.15) is 0 Å². The molecular weight excluding hydrogens is 302 g/mol. The average Bonchev–Trinajstić information content (AvgIpc) is 2.61. The summed E-state index contributed by atoms with van der Waals surface area (Å²) >= 11 is 0. The van der Waals surface area contributed by atoms with Crippen LogP contribution in [0.5, 0.6) is 0 Å². The number of carbonyl (C=O) groups is 2. The first-order valence-corrected chi connectivity index (χ1v) is 8.00. The maximum atomic E-state index is 12.0. The molecule has 2 aromatic rings. The number of hydrogen-bond donors (Lipinski definition) is 1. The van der Waals surface area contributed by atoms with Gasteiger partial charge < -0.3 is 10.1 Å². The average molecular weight is 323 g/mol. The molecule has 0 atom stereocenters. The second-order valence-electron chi connectivity index (χ2n) is 5.30. The Labute approximate surface area is 142 Å². The number of nitrogens with one attached hydrogen (secondary N) is 1. The van der Waals surface area contributed by atoms with Gasteiger partial charge in [0.25, 0.3) is 0 Å². The molecule has 124 valence electrons. The minimum atomic E-state index is -0.376. The molecule has 0 aromatic heterocycles. The molecule has 0 saturated carbocycles. The van der Waals surface area contributed by atoms with Crippen molar-refractivity contribution in [2.75, 3.05) is 11.9 Å². The van der Waals surface area contributed by atoms with Crippen LogP contribution in [0.1, 0.15) is 35.7 Å². The van der Waals surface area contributed by atoms with Crippen LogP contribution in [0.15, 0.2) is 60.7 Å². The van der Waals surface area contributed by atoms with Crippen molar-refractivity contribution in [2.24, 2.45) is 0 Å². The van der Waals surface area contributed by atoms with Crippen LogP contribution < -0.4 is 5.32 Å². The van der Waals surface area contributed by atoms with Gasteiger partial charge in [0.05, 0.1) is 12.2 Å². The van der Waals surface area contributed by atoms with Crippen molar-refractivity contribution in [3.05, 3.63) is 71.8 Å². The van der Waals surface area contributed by atoms with Crippen LogP contribution in [0, 0.1) is 0 Å². The van der Waals surface area contributed by atoms with Gasteiger partial charge in [-0.1, -0.05) is 49.7 Å². The highest BCUT2D eigenvalue weighted by atomic mass is 16.5. The van der Waals surface area contributed by atoms with E-state index >= 15 is 0 Å². The number of carbonyl (C=O) groups excluding carboxylic acids is 2. The Morgan fingerprint density at radius 2 is 1.88 bits per heavy atom. The van der Waals surface area contributed by atoms with Crippen molar-refractivity contribution >= 4 is 23.6 Å². The van der Waals surface area contributed by atoms with E-state index in [1.54, 1.807) is 30.3 Å². The molecule has 2 rings (SSSR count). The van der Waals surface area contributed by atoms with E-state index in [9.17, 15) is 9.59 Å². The molecule has 0 spiro atoms. The Kier molecular flexibility index (Phi) is 6.77. The second kappa shape index (κ2) is 9.30. The summed E-state index contributed by atoms with van der Waals surface area (Å²) in [5, 5.41) is 2.74. The molecule has 1 N–H and O–H groups in total. The molecule has 0 aliphatic rings. The first kappa shape index (κ1) is 17.5. The van der Waals surface area contributed by atoms with Gasteiger partial charge in [0.15, 0.2) is 0 Å². The van der Waals surface area contributed by atoms with Gasteiger partial charge in [-0.3, -0.25) is 4.79 Å². The van der Waals surface area contributed by atoms with Crippen molar-refractivity contribution in [2.45, 2.75) is 19.8 Å². The highest BCUT2D eigenvalue weighted by Crippen LogP contribution is 2.12. The predicted octanol–water partition coefficient (Wildman–Crippen LogP) is 4.30. The SMILES string of the molecule is CCCCOC(=O)c1cccc(NC(=O)/C=C/c2ccccc2)c1. The van der Waals surface area contributed by atoms with Crippen LogP contribution in [0.25, 0.3) is 6.08 Å². The van der Waals surface area contributed by atoms with Gasteiger partial charge in [-0.25, -0.2) is 4.79 Å². The minimum Gasteiger partial charge on any atom is -0.462 e. The Morgan fingerprint density at radius 1 is 1.08 bits per heavy atom. The number of hydrogen-bond acceptors (Lipinski definition) is 3. The van der Waals surface area contributed by atoms with Gasteiger partial charge in [-0.05, 0) is 36.3 Å². The van der Waals surface area contributed by atoms with Crippen LogP contribution in [0.4, 0.5) is 5.69 Å². The number of amides is 1. The van der Waals surface area contributed by atoms with Gasteiger partial charge in [0, 0.05) is 11.8 Å². The second-order valence-corrected chi connectivity index (χ2v) is 5.30. The summed E-state index contributed by atoms with van der Waals surface area (Å²) in [4.78, 5) is 23.9. The third kappa shape index (κ3) is 5.72. The van der Waals surface area contributed by atoms with Crippen LogP contribution in [0.2, 0.25) is 0 Å². The lowest BCUT2D eigenvalue weighted by Gasteiger charge is -2.06. The fourth-order valence-electron chi connectivity index (χ4n) is 2.04. The Bertz CT molecular complexity index is 708. The molecule has 0 aliphatic carbocycles. The third-order valence-electron chi connectivity index (χ3n) is 3.32. The summed E-state index contributed by atoms with van der Waals surface area (Å²) in [6, 6.07) is 16.3. The van der Waals surface area contributed by atoms with E-state index in [0.717, 1.165) is 18.4 Å². The summed E-state index contributed by atoms with van der Waals surface area (Å²) in [6.45, 7) is 2.44. The Hall–Kier alpha value is -2.88. The van der Waals surface area contributed by atoms with E-state index in [0.29, 0.717) is 17.9 Å².